The van der Waals surface area contributed by atoms with Crippen molar-refractivity contribution in [2.75, 3.05) is 6.61 Å². The maximum atomic E-state index is 9.16. The van der Waals surface area contributed by atoms with Gasteiger partial charge in [0.15, 0.2) is 0 Å². The first-order chi connectivity index (χ1) is 8.17. The Bertz CT molecular complexity index is 521. The van der Waals surface area contributed by atoms with Crippen LogP contribution in [0, 0.1) is 0 Å². The van der Waals surface area contributed by atoms with E-state index in [1.54, 1.807) is 0 Å². The molecule has 4 heteroatoms. The third-order valence-corrected chi connectivity index (χ3v) is 3.35. The number of benzene rings is 1. The van der Waals surface area contributed by atoms with E-state index in [1.165, 1.54) is 0 Å². The molecule has 1 heterocycles. The summed E-state index contributed by atoms with van der Waals surface area (Å²) < 4.78 is 2.06. The average Bonchev–Trinajstić information content (AvgIpc) is 2.67. The number of halogens is 1. The number of imidazole rings is 1. The van der Waals surface area contributed by atoms with Crippen LogP contribution in [-0.2, 0) is 6.54 Å². The molecule has 0 bridgehead atoms. The standard InChI is InChI=1S/C13H17ClN2O/c1-3-9(2)13-15-11-5-4-10(14)8-12(11)16(13)6-7-17/h4-5,8-9,17H,3,6-7H2,1-2H3. The van der Waals surface area contributed by atoms with Crippen molar-refractivity contribution < 1.29 is 5.11 Å². The fraction of sp³-hybridized carbons (Fsp3) is 0.462. The van der Waals surface area contributed by atoms with Crippen LogP contribution >= 0.6 is 11.6 Å². The second-order valence-electron chi connectivity index (χ2n) is 4.29. The lowest BCUT2D eigenvalue weighted by atomic mass is 10.1. The Hall–Kier alpha value is -1.06. The van der Waals surface area contributed by atoms with E-state index in [0.717, 1.165) is 23.3 Å². The topological polar surface area (TPSA) is 38.0 Å². The van der Waals surface area contributed by atoms with Crippen LogP contribution in [0.15, 0.2) is 18.2 Å². The quantitative estimate of drug-likeness (QED) is 0.908. The molecular formula is C13H17ClN2O. The molecule has 1 unspecified atom stereocenters. The van der Waals surface area contributed by atoms with Gasteiger partial charge in [0.25, 0.3) is 0 Å². The molecular weight excluding hydrogens is 236 g/mol. The molecule has 17 heavy (non-hydrogen) atoms. The molecule has 0 saturated heterocycles. The average molecular weight is 253 g/mol. The normalized spacial score (nSPS) is 13.2. The highest BCUT2D eigenvalue weighted by Gasteiger charge is 2.15. The van der Waals surface area contributed by atoms with E-state index in [0.29, 0.717) is 17.5 Å². The SMILES string of the molecule is CCC(C)c1nc2ccc(Cl)cc2n1CCO. The van der Waals surface area contributed by atoms with E-state index in [1.807, 2.05) is 18.2 Å². The Morgan fingerprint density at radius 3 is 2.88 bits per heavy atom. The highest BCUT2D eigenvalue weighted by molar-refractivity contribution is 6.31. The van der Waals surface area contributed by atoms with Crippen molar-refractivity contribution in [1.29, 1.82) is 0 Å². The molecule has 2 aromatic rings. The number of nitrogens with zero attached hydrogens (tertiary/aromatic N) is 2. The molecule has 1 aromatic carbocycles. The predicted octanol–water partition coefficient (Wildman–Crippen LogP) is 3.20. The Balaban J connectivity index is 2.62. The van der Waals surface area contributed by atoms with Crippen LogP contribution in [0.2, 0.25) is 5.02 Å². The second-order valence-corrected chi connectivity index (χ2v) is 4.72. The van der Waals surface area contributed by atoms with Crippen LogP contribution < -0.4 is 0 Å². The van der Waals surface area contributed by atoms with E-state index in [-0.39, 0.29) is 6.61 Å². The molecule has 0 aliphatic carbocycles. The van der Waals surface area contributed by atoms with E-state index < -0.39 is 0 Å². The van der Waals surface area contributed by atoms with Gasteiger partial charge in [-0.15, -0.1) is 0 Å². The monoisotopic (exact) mass is 252 g/mol. The van der Waals surface area contributed by atoms with Gasteiger partial charge in [0.2, 0.25) is 0 Å². The van der Waals surface area contributed by atoms with Gasteiger partial charge in [-0.1, -0.05) is 25.4 Å². The van der Waals surface area contributed by atoms with Gasteiger partial charge in [-0.05, 0) is 24.6 Å². The number of hydrogen-bond donors (Lipinski definition) is 1. The Kier molecular flexibility index (Phi) is 3.69. The van der Waals surface area contributed by atoms with Gasteiger partial charge in [0.1, 0.15) is 5.82 Å². The molecule has 2 rings (SSSR count). The molecule has 0 spiro atoms. The first-order valence-electron chi connectivity index (χ1n) is 5.94. The van der Waals surface area contributed by atoms with Gasteiger partial charge in [-0.2, -0.15) is 0 Å². The first kappa shape index (κ1) is 12.4. The Morgan fingerprint density at radius 1 is 1.47 bits per heavy atom. The molecule has 0 fully saturated rings. The highest BCUT2D eigenvalue weighted by atomic mass is 35.5. The first-order valence-corrected chi connectivity index (χ1v) is 6.31. The summed E-state index contributed by atoms with van der Waals surface area (Å²) >= 11 is 6.01. The summed E-state index contributed by atoms with van der Waals surface area (Å²) in [6.45, 7) is 4.97. The van der Waals surface area contributed by atoms with E-state index >= 15 is 0 Å². The highest BCUT2D eigenvalue weighted by Crippen LogP contribution is 2.25. The summed E-state index contributed by atoms with van der Waals surface area (Å²) in [5.74, 6) is 1.41. The van der Waals surface area contributed by atoms with Crippen molar-refractivity contribution in [3.8, 4) is 0 Å². The number of fused-ring (bicyclic) bond motifs is 1. The molecule has 1 aromatic heterocycles. The third-order valence-electron chi connectivity index (χ3n) is 3.12. The lowest BCUT2D eigenvalue weighted by Crippen LogP contribution is -2.09. The zero-order valence-corrected chi connectivity index (χ0v) is 10.9. The van der Waals surface area contributed by atoms with Crippen LogP contribution in [0.1, 0.15) is 32.0 Å². The van der Waals surface area contributed by atoms with Crippen LogP contribution in [-0.4, -0.2) is 21.3 Å². The smallest absolute Gasteiger partial charge is 0.112 e. The zero-order valence-electron chi connectivity index (χ0n) is 10.2. The van der Waals surface area contributed by atoms with Crippen molar-refractivity contribution in [3.05, 3.63) is 29.0 Å². The van der Waals surface area contributed by atoms with Crippen molar-refractivity contribution >= 4 is 22.6 Å². The molecule has 0 saturated carbocycles. The molecule has 0 amide bonds. The molecule has 92 valence electrons. The summed E-state index contributed by atoms with van der Waals surface area (Å²) in [6, 6.07) is 5.68. The van der Waals surface area contributed by atoms with Crippen molar-refractivity contribution in [2.24, 2.45) is 0 Å². The Morgan fingerprint density at radius 2 is 2.24 bits per heavy atom. The van der Waals surface area contributed by atoms with E-state index in [4.69, 9.17) is 16.7 Å². The van der Waals surface area contributed by atoms with Gasteiger partial charge in [0.05, 0.1) is 17.6 Å². The largest absolute Gasteiger partial charge is 0.395 e. The maximum absolute atomic E-state index is 9.16. The minimum Gasteiger partial charge on any atom is -0.395 e. The number of rotatable bonds is 4. The van der Waals surface area contributed by atoms with Crippen molar-refractivity contribution in [3.63, 3.8) is 0 Å². The van der Waals surface area contributed by atoms with Gasteiger partial charge < -0.3 is 9.67 Å². The number of hydrogen-bond acceptors (Lipinski definition) is 2. The van der Waals surface area contributed by atoms with Crippen molar-refractivity contribution in [2.45, 2.75) is 32.7 Å². The summed E-state index contributed by atoms with van der Waals surface area (Å²) in [7, 11) is 0. The second kappa shape index (κ2) is 5.07. The minimum atomic E-state index is 0.113. The van der Waals surface area contributed by atoms with Crippen LogP contribution in [0.3, 0.4) is 0 Å². The van der Waals surface area contributed by atoms with Crippen LogP contribution in [0.25, 0.3) is 11.0 Å². The third kappa shape index (κ3) is 2.31. The zero-order chi connectivity index (χ0) is 12.4. The van der Waals surface area contributed by atoms with Gasteiger partial charge in [-0.3, -0.25) is 0 Å². The fourth-order valence-corrected chi connectivity index (χ4v) is 2.17. The molecule has 1 atom stereocenters. The van der Waals surface area contributed by atoms with Gasteiger partial charge >= 0.3 is 0 Å². The summed E-state index contributed by atoms with van der Waals surface area (Å²) in [6.07, 6.45) is 1.03. The number of aliphatic hydroxyl groups is 1. The Labute approximate surface area is 106 Å². The van der Waals surface area contributed by atoms with Crippen LogP contribution in [0.5, 0.6) is 0 Å². The molecule has 1 N–H and O–H groups in total. The predicted molar refractivity (Wildman–Crippen MR) is 70.5 cm³/mol. The minimum absolute atomic E-state index is 0.113. The van der Waals surface area contributed by atoms with E-state index in [9.17, 15) is 0 Å². The number of aromatic nitrogens is 2. The summed E-state index contributed by atoms with van der Waals surface area (Å²) in [4.78, 5) is 4.64. The maximum Gasteiger partial charge on any atom is 0.112 e. The molecule has 3 nitrogen and oxygen atoms in total. The van der Waals surface area contributed by atoms with E-state index in [2.05, 4.69) is 23.4 Å². The van der Waals surface area contributed by atoms with Gasteiger partial charge in [-0.25, -0.2) is 4.98 Å². The summed E-state index contributed by atoms with van der Waals surface area (Å²) in [5, 5.41) is 9.87. The molecule has 0 radical (unpaired) electrons. The molecule has 0 aliphatic heterocycles. The fourth-order valence-electron chi connectivity index (χ4n) is 2.01. The van der Waals surface area contributed by atoms with Crippen molar-refractivity contribution in [1.82, 2.24) is 9.55 Å². The molecule has 0 aliphatic rings. The number of aliphatic hydroxyl groups excluding tert-OH is 1. The summed E-state index contributed by atoms with van der Waals surface area (Å²) in [5.41, 5.74) is 1.94. The van der Waals surface area contributed by atoms with Gasteiger partial charge in [0, 0.05) is 17.5 Å². The lowest BCUT2D eigenvalue weighted by molar-refractivity contribution is 0.275. The van der Waals surface area contributed by atoms with Crippen LogP contribution in [0.4, 0.5) is 0 Å². The lowest BCUT2D eigenvalue weighted by Gasteiger charge is -2.11.